The summed E-state index contributed by atoms with van der Waals surface area (Å²) in [5, 5.41) is -2.70. The monoisotopic (exact) mass is 747 g/mol. The highest BCUT2D eigenvalue weighted by atomic mass is 15.2. The molecule has 0 radical (unpaired) electrons. The van der Waals surface area contributed by atoms with E-state index in [4.69, 9.17) is 28.8 Å². The first-order chi connectivity index (χ1) is 41.1. The zero-order valence-electron chi connectivity index (χ0n) is 59.8. The quantitative estimate of drug-likeness (QED) is 0.170. The predicted octanol–water partition coefficient (Wildman–Crippen LogP) is 12.7. The van der Waals surface area contributed by atoms with Crippen LogP contribution in [0.15, 0.2) is 199 Å². The molecule has 0 spiro atoms. The van der Waals surface area contributed by atoms with Crippen molar-refractivity contribution in [2.45, 2.75) is 0 Å². The van der Waals surface area contributed by atoms with Gasteiger partial charge in [0.05, 0.1) is 65.9 Å². The number of hydrogen-bond donors (Lipinski definition) is 0. The average Bonchev–Trinajstić information content (AvgIpc) is 1.51. The maximum atomic E-state index is 9.90. The molecule has 0 aliphatic carbocycles. The van der Waals surface area contributed by atoms with E-state index in [1.54, 1.807) is 0 Å². The van der Waals surface area contributed by atoms with E-state index < -0.39 is 294 Å². The molecule has 0 atom stereocenters. The van der Waals surface area contributed by atoms with Crippen molar-refractivity contribution in [2.24, 2.45) is 0 Å². The van der Waals surface area contributed by atoms with Gasteiger partial charge in [0.25, 0.3) is 0 Å². The van der Waals surface area contributed by atoms with Crippen molar-refractivity contribution < 1.29 is 43.9 Å². The molecule has 262 valence electrons. The molecule has 5 nitrogen and oxygen atoms in total. The molecule has 0 unspecified atom stereocenters. The van der Waals surface area contributed by atoms with Gasteiger partial charge in [-0.15, -0.1) is 0 Å². The molecule has 0 saturated heterocycles. The Balaban J connectivity index is 1.46. The molecule has 0 saturated carbocycles. The lowest BCUT2D eigenvalue weighted by atomic mass is 10.0. The zero-order valence-corrected chi connectivity index (χ0v) is 27.8. The number of rotatable bonds is 6. The molecule has 3 aromatic heterocycles. The molecule has 56 heavy (non-hydrogen) atoms. The molecule has 5 heteroatoms. The highest BCUT2D eigenvalue weighted by Gasteiger charge is 2.23. The molecule has 0 bridgehead atoms. The molecule has 0 fully saturated rings. The Kier molecular flexibility index (Phi) is 3.10. The van der Waals surface area contributed by atoms with Crippen molar-refractivity contribution in [1.82, 2.24) is 24.1 Å². The maximum Gasteiger partial charge on any atom is 0.238 e. The smallest absolute Gasteiger partial charge is 0.238 e. The summed E-state index contributed by atoms with van der Waals surface area (Å²) in [7, 11) is 0. The Hall–Kier alpha value is -7.63. The summed E-state index contributed by atoms with van der Waals surface area (Å²) >= 11 is 0. The molecule has 0 N–H and O–H groups in total. The van der Waals surface area contributed by atoms with Crippen LogP contribution in [0.4, 0.5) is 0 Å². The maximum absolute atomic E-state index is 9.90. The average molecular weight is 748 g/mol. The van der Waals surface area contributed by atoms with E-state index in [9.17, 15) is 15.1 Å². The van der Waals surface area contributed by atoms with E-state index in [1.807, 2.05) is 0 Å². The fourth-order valence-electron chi connectivity index (χ4n) is 6.24. The Morgan fingerprint density at radius 2 is 0.839 bits per heavy atom. The minimum Gasteiger partial charge on any atom is -0.307 e. The third kappa shape index (κ3) is 5.21. The second-order valence-electron chi connectivity index (χ2n) is 11.6. The molecule has 11 aromatic rings. The molecule has 0 amide bonds. The van der Waals surface area contributed by atoms with Crippen LogP contribution >= 0.6 is 0 Å². The predicted molar refractivity (Wildman–Crippen MR) is 230 cm³/mol. The fraction of sp³-hybridized carbons (Fsp3) is 0. The Bertz CT molecular complexity index is 5040. The van der Waals surface area contributed by atoms with E-state index in [1.165, 1.54) is 0 Å². The van der Waals surface area contributed by atoms with Crippen LogP contribution in [0.5, 0.6) is 0 Å². The summed E-state index contributed by atoms with van der Waals surface area (Å²) in [4.78, 5) is 13.5. The molecule has 11 rings (SSSR count). The molecule has 8 aromatic carbocycles. The minimum absolute atomic E-state index is 0.592. The Labute approximate surface area is 368 Å². The van der Waals surface area contributed by atoms with Crippen LogP contribution in [0, 0.1) is 0 Å². The van der Waals surface area contributed by atoms with E-state index in [2.05, 4.69) is 15.0 Å². The molecule has 3 heterocycles. The number of nitrogens with zero attached hydrogens (tertiary/aromatic N) is 5. The fourth-order valence-corrected chi connectivity index (χ4v) is 6.24. The third-order valence-corrected chi connectivity index (χ3v) is 8.54. The van der Waals surface area contributed by atoms with Crippen LogP contribution in [-0.2, 0) is 0 Å². The van der Waals surface area contributed by atoms with Crippen LogP contribution in [0.2, 0.25) is 0 Å². The Morgan fingerprint density at radius 1 is 0.339 bits per heavy atom. The van der Waals surface area contributed by atoms with Crippen molar-refractivity contribution in [3.8, 4) is 56.7 Å². The summed E-state index contributed by atoms with van der Waals surface area (Å²) in [6, 6.07) is -30.2. The summed E-state index contributed by atoms with van der Waals surface area (Å²) in [5.74, 6) is -2.94. The van der Waals surface area contributed by atoms with Crippen LogP contribution in [0.3, 0.4) is 0 Å². The Morgan fingerprint density at radius 3 is 1.50 bits per heavy atom. The van der Waals surface area contributed by atoms with Gasteiger partial charge in [-0.3, -0.25) is 4.57 Å². The van der Waals surface area contributed by atoms with Crippen molar-refractivity contribution in [3.63, 3.8) is 0 Å². The highest BCUT2D eigenvalue weighted by molar-refractivity contribution is 6.23. The van der Waals surface area contributed by atoms with Gasteiger partial charge in [0.15, 0.2) is 11.6 Å². The third-order valence-electron chi connectivity index (χ3n) is 8.54. The highest BCUT2D eigenvalue weighted by Crippen LogP contribution is 2.42. The van der Waals surface area contributed by atoms with Gasteiger partial charge in [-0.1, -0.05) is 169 Å². The summed E-state index contributed by atoms with van der Waals surface area (Å²) in [5.41, 5.74) is -8.66. The van der Waals surface area contributed by atoms with Gasteiger partial charge < -0.3 is 4.57 Å². The van der Waals surface area contributed by atoms with Gasteiger partial charge in [-0.2, -0.15) is 9.97 Å². The van der Waals surface area contributed by atoms with Gasteiger partial charge in [-0.25, -0.2) is 4.98 Å². The first-order valence-corrected chi connectivity index (χ1v) is 16.3. The second-order valence-corrected chi connectivity index (χ2v) is 11.6. The van der Waals surface area contributed by atoms with Crippen LogP contribution in [0.25, 0.3) is 100 Å². The van der Waals surface area contributed by atoms with E-state index in [0.717, 1.165) is 10.6 Å². The van der Waals surface area contributed by atoms with Gasteiger partial charge in [0.2, 0.25) is 5.95 Å². The number of aromatic nitrogens is 5. The van der Waals surface area contributed by atoms with Crippen molar-refractivity contribution >= 4 is 43.6 Å². The SMILES string of the molecule is [2H]c1cc(-c2c([2H])c([2H])c([2H])c([2H])c2[2H])c([2H])c(-c2nc(-c3c([2H])c([2H])c([2H])c([2H])c3[2H])nc(-n3c4c([2H])c([2H])c([2H])c([2H])c4c4c([2H])c([2H])c5c6c([2H])c([2H])c([2H])c([2H])c6n(-c6c([2H])c([2H])c([2H])c(-c7c([2H])c([2H])c([2H])c([2H])c7[2H])c6[2H])c5c43)n2)c1[2H]. The number of hydrogen-bond acceptors (Lipinski definition) is 3. The molecular formula is C51H33N5. The zero-order chi connectivity index (χ0) is 64.9. The lowest BCUT2D eigenvalue weighted by molar-refractivity contribution is 0.953. The van der Waals surface area contributed by atoms with Gasteiger partial charge in [0, 0.05) is 38.4 Å². The van der Waals surface area contributed by atoms with Crippen LogP contribution in [-0.4, -0.2) is 24.1 Å². The van der Waals surface area contributed by atoms with Crippen LogP contribution in [0.1, 0.15) is 43.9 Å². The van der Waals surface area contributed by atoms with Gasteiger partial charge in [0.1, 0.15) is 0 Å². The van der Waals surface area contributed by atoms with Gasteiger partial charge >= 0.3 is 0 Å². The standard InChI is InChI=1S/C51H33N5/c1-4-16-34(17-5-1)37-22-14-24-39(32-37)50-52-49(36-20-8-3-9-21-36)53-51(54-50)56-46-29-13-11-27-42(46)44-31-30-43-41-26-10-12-28-45(41)55(47(43)48(44)56)40-25-15-23-38(33-40)35-18-6-2-7-19-35/h1-33H/i1D,2D,3D,4D,5D,6D,7D,8D,9D,10D,11D,12D,13D,14D,15D,16D,17D,18D,19D,20D,21D,23D,24D,25D,26D,27D,28D,29D,30D,31D,32D,33D. The van der Waals surface area contributed by atoms with E-state index in [-0.39, 0.29) is 0 Å². The van der Waals surface area contributed by atoms with Crippen molar-refractivity contribution in [1.29, 1.82) is 0 Å². The summed E-state index contributed by atoms with van der Waals surface area (Å²) in [6.07, 6.45) is 0. The van der Waals surface area contributed by atoms with E-state index >= 15 is 0 Å². The first-order valence-electron chi connectivity index (χ1n) is 32.3. The number of fused-ring (bicyclic) bond motifs is 7. The normalized spacial score (nSPS) is 19.6. The number of benzene rings is 8. The van der Waals surface area contributed by atoms with Crippen LogP contribution < -0.4 is 0 Å². The van der Waals surface area contributed by atoms with Crippen molar-refractivity contribution in [2.75, 3.05) is 0 Å². The summed E-state index contributed by atoms with van der Waals surface area (Å²) < 4.78 is 289. The summed E-state index contributed by atoms with van der Waals surface area (Å²) in [6.45, 7) is 0. The topological polar surface area (TPSA) is 48.5 Å². The number of para-hydroxylation sites is 2. The largest absolute Gasteiger partial charge is 0.307 e. The lowest BCUT2D eigenvalue weighted by Gasteiger charge is -2.14. The van der Waals surface area contributed by atoms with Gasteiger partial charge in [-0.05, 0) is 52.5 Å². The van der Waals surface area contributed by atoms with E-state index in [0.29, 0.717) is 4.57 Å². The minimum atomic E-state index is -1.13. The first kappa shape index (κ1) is 13.3. The second kappa shape index (κ2) is 13.0. The molecule has 0 aliphatic rings. The lowest BCUT2D eigenvalue weighted by Crippen LogP contribution is -2.07. The van der Waals surface area contributed by atoms with Crippen molar-refractivity contribution in [3.05, 3.63) is 199 Å². The molecular weight excluding hydrogens is 683 g/mol. The molecule has 0 aliphatic heterocycles.